The van der Waals surface area contributed by atoms with Crippen LogP contribution >= 0.6 is 0 Å². The van der Waals surface area contributed by atoms with Crippen LogP contribution < -0.4 is 14.8 Å². The standard InChI is InChI=1S/C25H26N2O3/c1-4-30-24-12-11-20(13-18(24)2)25(16-29-17-26-25)19-7-5-8-21(14-19)27-22-9-6-10-23(15-22)28-3/h5-15,17,27H,4,16H2,1-3H3. The van der Waals surface area contributed by atoms with Gasteiger partial charge in [0.25, 0.3) is 0 Å². The Labute approximate surface area is 177 Å². The summed E-state index contributed by atoms with van der Waals surface area (Å²) in [5.74, 6) is 1.71. The average molecular weight is 402 g/mol. The van der Waals surface area contributed by atoms with E-state index < -0.39 is 5.54 Å². The Balaban J connectivity index is 1.69. The molecular weight excluding hydrogens is 376 g/mol. The molecule has 0 fully saturated rings. The molecule has 154 valence electrons. The van der Waals surface area contributed by atoms with Gasteiger partial charge in [0.05, 0.1) is 13.7 Å². The van der Waals surface area contributed by atoms with Crippen molar-refractivity contribution in [3.8, 4) is 11.5 Å². The normalized spacial score (nSPS) is 17.4. The van der Waals surface area contributed by atoms with E-state index in [4.69, 9.17) is 19.2 Å². The number of hydrogen-bond donors (Lipinski definition) is 1. The van der Waals surface area contributed by atoms with E-state index in [1.165, 1.54) is 0 Å². The monoisotopic (exact) mass is 402 g/mol. The molecule has 4 rings (SSSR count). The zero-order valence-electron chi connectivity index (χ0n) is 17.5. The van der Waals surface area contributed by atoms with E-state index in [0.29, 0.717) is 13.2 Å². The average Bonchev–Trinajstić information content (AvgIpc) is 3.27. The van der Waals surface area contributed by atoms with Gasteiger partial charge < -0.3 is 19.5 Å². The van der Waals surface area contributed by atoms with Crippen molar-refractivity contribution in [3.63, 3.8) is 0 Å². The van der Waals surface area contributed by atoms with E-state index in [2.05, 4.69) is 36.5 Å². The van der Waals surface area contributed by atoms with Crippen LogP contribution in [-0.4, -0.2) is 26.7 Å². The van der Waals surface area contributed by atoms with Crippen LogP contribution in [0, 0.1) is 6.92 Å². The van der Waals surface area contributed by atoms with Crippen molar-refractivity contribution in [2.24, 2.45) is 4.99 Å². The minimum Gasteiger partial charge on any atom is -0.497 e. The Morgan fingerprint density at radius 1 is 1.00 bits per heavy atom. The van der Waals surface area contributed by atoms with Gasteiger partial charge in [-0.05, 0) is 66.9 Å². The van der Waals surface area contributed by atoms with Crippen LogP contribution in [0.3, 0.4) is 0 Å². The predicted octanol–water partition coefficient (Wildman–Crippen LogP) is 5.45. The first kappa shape index (κ1) is 19.8. The Kier molecular flexibility index (Phi) is 5.61. The van der Waals surface area contributed by atoms with Gasteiger partial charge in [0.2, 0.25) is 0 Å². The maximum atomic E-state index is 5.71. The van der Waals surface area contributed by atoms with E-state index >= 15 is 0 Å². The highest BCUT2D eigenvalue weighted by Gasteiger charge is 2.38. The van der Waals surface area contributed by atoms with E-state index in [1.54, 1.807) is 13.5 Å². The van der Waals surface area contributed by atoms with Gasteiger partial charge >= 0.3 is 0 Å². The first-order valence-corrected chi connectivity index (χ1v) is 10.1. The van der Waals surface area contributed by atoms with Crippen molar-refractivity contribution in [2.75, 3.05) is 25.6 Å². The summed E-state index contributed by atoms with van der Waals surface area (Å²) in [5, 5.41) is 3.46. The van der Waals surface area contributed by atoms with Crippen LogP contribution in [0.15, 0.2) is 71.7 Å². The molecule has 0 saturated carbocycles. The zero-order valence-corrected chi connectivity index (χ0v) is 17.5. The third-order valence-corrected chi connectivity index (χ3v) is 5.29. The topological polar surface area (TPSA) is 52.1 Å². The van der Waals surface area contributed by atoms with Gasteiger partial charge in [-0.3, -0.25) is 0 Å². The maximum absolute atomic E-state index is 5.71. The predicted molar refractivity (Wildman–Crippen MR) is 120 cm³/mol. The minimum absolute atomic E-state index is 0.461. The van der Waals surface area contributed by atoms with E-state index in [1.807, 2.05) is 49.4 Å². The molecule has 1 unspecified atom stereocenters. The second kappa shape index (κ2) is 8.49. The maximum Gasteiger partial charge on any atom is 0.170 e. The molecular formula is C25H26N2O3. The van der Waals surface area contributed by atoms with Gasteiger partial charge in [0.1, 0.15) is 23.6 Å². The second-order valence-electron chi connectivity index (χ2n) is 7.26. The Morgan fingerprint density at radius 3 is 2.47 bits per heavy atom. The molecule has 5 heteroatoms. The largest absolute Gasteiger partial charge is 0.497 e. The smallest absolute Gasteiger partial charge is 0.170 e. The van der Waals surface area contributed by atoms with Gasteiger partial charge in [0, 0.05) is 17.4 Å². The van der Waals surface area contributed by atoms with Gasteiger partial charge in [-0.2, -0.15) is 0 Å². The molecule has 0 radical (unpaired) electrons. The molecule has 1 aliphatic heterocycles. The molecule has 3 aromatic rings. The van der Waals surface area contributed by atoms with Crippen LogP contribution in [0.25, 0.3) is 0 Å². The van der Waals surface area contributed by atoms with Crippen molar-refractivity contribution >= 4 is 17.8 Å². The fourth-order valence-electron chi connectivity index (χ4n) is 3.75. The number of methoxy groups -OCH3 is 1. The molecule has 1 heterocycles. The van der Waals surface area contributed by atoms with Crippen molar-refractivity contribution < 1.29 is 14.2 Å². The third kappa shape index (κ3) is 3.83. The quantitative estimate of drug-likeness (QED) is 0.571. The molecule has 5 nitrogen and oxygen atoms in total. The van der Waals surface area contributed by atoms with Crippen LogP contribution in [0.2, 0.25) is 0 Å². The summed E-state index contributed by atoms with van der Waals surface area (Å²) in [6.07, 6.45) is 1.55. The number of anilines is 2. The lowest BCUT2D eigenvalue weighted by molar-refractivity contribution is 0.289. The summed E-state index contributed by atoms with van der Waals surface area (Å²) >= 11 is 0. The second-order valence-corrected chi connectivity index (χ2v) is 7.26. The van der Waals surface area contributed by atoms with Crippen molar-refractivity contribution in [1.29, 1.82) is 0 Å². The van der Waals surface area contributed by atoms with E-state index in [0.717, 1.165) is 39.6 Å². The van der Waals surface area contributed by atoms with Gasteiger partial charge in [-0.15, -0.1) is 0 Å². The lowest BCUT2D eigenvalue weighted by Crippen LogP contribution is -2.27. The van der Waals surface area contributed by atoms with Crippen molar-refractivity contribution in [2.45, 2.75) is 19.4 Å². The lowest BCUT2D eigenvalue weighted by atomic mass is 9.83. The molecule has 30 heavy (non-hydrogen) atoms. The van der Waals surface area contributed by atoms with Crippen LogP contribution in [-0.2, 0) is 10.3 Å². The van der Waals surface area contributed by atoms with Gasteiger partial charge in [0.15, 0.2) is 6.40 Å². The molecule has 0 aliphatic carbocycles. The van der Waals surface area contributed by atoms with E-state index in [9.17, 15) is 0 Å². The number of benzene rings is 3. The summed E-state index contributed by atoms with van der Waals surface area (Å²) in [5.41, 5.74) is 4.58. The number of hydrogen-bond acceptors (Lipinski definition) is 5. The molecule has 0 aromatic heterocycles. The van der Waals surface area contributed by atoms with Crippen molar-refractivity contribution in [1.82, 2.24) is 0 Å². The molecule has 0 spiro atoms. The molecule has 1 aliphatic rings. The molecule has 0 saturated heterocycles. The number of aryl methyl sites for hydroxylation is 1. The minimum atomic E-state index is -0.582. The highest BCUT2D eigenvalue weighted by molar-refractivity contribution is 5.64. The highest BCUT2D eigenvalue weighted by atomic mass is 16.5. The number of aliphatic imine (C=N–C) groups is 1. The zero-order chi connectivity index (χ0) is 21.0. The summed E-state index contributed by atoms with van der Waals surface area (Å²) in [7, 11) is 1.67. The summed E-state index contributed by atoms with van der Waals surface area (Å²) in [4.78, 5) is 4.76. The summed E-state index contributed by atoms with van der Waals surface area (Å²) in [6, 6.07) is 22.4. The molecule has 1 atom stereocenters. The lowest BCUT2D eigenvalue weighted by Gasteiger charge is -2.27. The number of nitrogens with one attached hydrogen (secondary N) is 1. The Hall–Kier alpha value is -3.47. The van der Waals surface area contributed by atoms with Gasteiger partial charge in [-0.1, -0.05) is 24.3 Å². The highest BCUT2D eigenvalue weighted by Crippen LogP contribution is 2.39. The van der Waals surface area contributed by atoms with Crippen molar-refractivity contribution in [3.05, 3.63) is 83.4 Å². The van der Waals surface area contributed by atoms with Crippen LogP contribution in [0.5, 0.6) is 11.5 Å². The summed E-state index contributed by atoms with van der Waals surface area (Å²) < 4.78 is 16.6. The number of nitrogens with zero attached hydrogens (tertiary/aromatic N) is 1. The fourth-order valence-corrected chi connectivity index (χ4v) is 3.75. The molecule has 3 aromatic carbocycles. The molecule has 1 N–H and O–H groups in total. The Bertz CT molecular complexity index is 1060. The number of ether oxygens (including phenoxy) is 3. The molecule has 0 amide bonds. The third-order valence-electron chi connectivity index (χ3n) is 5.29. The summed E-state index contributed by atoms with van der Waals surface area (Å²) in [6.45, 7) is 5.15. The van der Waals surface area contributed by atoms with Gasteiger partial charge in [-0.25, -0.2) is 4.99 Å². The SMILES string of the molecule is CCOc1ccc(C2(c3cccc(Nc4cccc(OC)c4)c3)COC=N2)cc1C. The molecule has 0 bridgehead atoms. The Morgan fingerprint density at radius 2 is 1.77 bits per heavy atom. The first-order valence-electron chi connectivity index (χ1n) is 10.1. The number of rotatable bonds is 7. The fraction of sp³-hybridized carbons (Fsp3) is 0.240. The first-order chi connectivity index (χ1) is 14.6. The van der Waals surface area contributed by atoms with E-state index in [-0.39, 0.29) is 0 Å². The van der Waals surface area contributed by atoms with Crippen LogP contribution in [0.1, 0.15) is 23.6 Å². The van der Waals surface area contributed by atoms with Crippen LogP contribution in [0.4, 0.5) is 11.4 Å².